The molecule has 5 N–H and O–H groups in total. The molecule has 0 atom stereocenters. The summed E-state index contributed by atoms with van der Waals surface area (Å²) < 4.78 is 25.6. The zero-order chi connectivity index (χ0) is 10.0. The van der Waals surface area contributed by atoms with Gasteiger partial charge < -0.3 is 16.7 Å². The molecule has 1 rings (SSSR count). The number of nitrogen functional groups attached to an aromatic ring is 1. The van der Waals surface area contributed by atoms with E-state index in [0.29, 0.717) is 0 Å². The number of nitrogens with zero attached hydrogens (tertiary/aromatic N) is 1. The van der Waals surface area contributed by atoms with Crippen LogP contribution in [0.25, 0.3) is 0 Å². The minimum atomic E-state index is -0.943. The van der Waals surface area contributed by atoms with Crippen molar-refractivity contribution in [2.24, 2.45) is 10.9 Å². The van der Waals surface area contributed by atoms with Crippen LogP contribution in [0.5, 0.6) is 0 Å². The lowest BCUT2D eigenvalue weighted by atomic mass is 10.2. The molecule has 0 spiro atoms. The summed E-state index contributed by atoms with van der Waals surface area (Å²) in [6, 6.07) is 1.76. The van der Waals surface area contributed by atoms with E-state index in [1.165, 1.54) is 0 Å². The fourth-order valence-electron chi connectivity index (χ4n) is 0.790. The molecule has 13 heavy (non-hydrogen) atoms. The van der Waals surface area contributed by atoms with E-state index in [1.54, 1.807) is 0 Å². The molecule has 0 fully saturated rings. The molecule has 0 amide bonds. The van der Waals surface area contributed by atoms with Gasteiger partial charge in [-0.15, -0.1) is 0 Å². The lowest BCUT2D eigenvalue weighted by Crippen LogP contribution is -2.14. The summed E-state index contributed by atoms with van der Waals surface area (Å²) in [5.41, 5.74) is 9.46. The van der Waals surface area contributed by atoms with Gasteiger partial charge in [-0.25, -0.2) is 8.78 Å². The number of oxime groups is 1. The van der Waals surface area contributed by atoms with E-state index in [0.717, 1.165) is 12.1 Å². The Bertz CT molecular complexity index is 342. The minimum absolute atomic E-state index is 0.0632. The Morgan fingerprint density at radius 1 is 1.31 bits per heavy atom. The van der Waals surface area contributed by atoms with Crippen LogP contribution in [0.15, 0.2) is 17.3 Å². The van der Waals surface area contributed by atoms with Crippen LogP contribution in [0.2, 0.25) is 0 Å². The first-order valence-electron chi connectivity index (χ1n) is 3.28. The van der Waals surface area contributed by atoms with Crippen molar-refractivity contribution < 1.29 is 14.0 Å². The van der Waals surface area contributed by atoms with E-state index < -0.39 is 17.3 Å². The smallest absolute Gasteiger partial charge is 0.170 e. The maximum atomic E-state index is 12.8. The van der Waals surface area contributed by atoms with Gasteiger partial charge in [-0.2, -0.15) is 0 Å². The van der Waals surface area contributed by atoms with Gasteiger partial charge >= 0.3 is 0 Å². The van der Waals surface area contributed by atoms with Gasteiger partial charge in [0.1, 0.15) is 17.3 Å². The normalized spacial score (nSPS) is 11.7. The van der Waals surface area contributed by atoms with Crippen LogP contribution in [-0.2, 0) is 0 Å². The summed E-state index contributed by atoms with van der Waals surface area (Å²) in [6.07, 6.45) is 0. The molecule has 0 aliphatic carbocycles. The number of hydrogen-bond acceptors (Lipinski definition) is 3. The zero-order valence-corrected chi connectivity index (χ0v) is 6.46. The van der Waals surface area contributed by atoms with Crippen molar-refractivity contribution in [3.8, 4) is 0 Å². The van der Waals surface area contributed by atoms with Gasteiger partial charge in [0.15, 0.2) is 5.84 Å². The molecular weight excluding hydrogens is 180 g/mol. The van der Waals surface area contributed by atoms with E-state index >= 15 is 0 Å². The zero-order valence-electron chi connectivity index (χ0n) is 6.46. The monoisotopic (exact) mass is 187 g/mol. The fraction of sp³-hybridized carbons (Fsp3) is 0. The van der Waals surface area contributed by atoms with E-state index in [9.17, 15) is 8.78 Å². The SMILES string of the molecule is N/C(=N\O)c1cc(F)c(N)c(F)c1. The van der Waals surface area contributed by atoms with Crippen LogP contribution in [-0.4, -0.2) is 11.0 Å². The maximum Gasteiger partial charge on any atom is 0.170 e. The predicted octanol–water partition coefficient (Wildman–Crippen LogP) is 0.641. The van der Waals surface area contributed by atoms with Crippen molar-refractivity contribution >= 4 is 11.5 Å². The molecule has 70 valence electrons. The second-order valence-electron chi connectivity index (χ2n) is 2.34. The highest BCUT2D eigenvalue weighted by atomic mass is 19.1. The Labute approximate surface area is 72.5 Å². The number of amidine groups is 1. The second kappa shape index (κ2) is 3.26. The summed E-state index contributed by atoms with van der Waals surface area (Å²) in [4.78, 5) is 0. The Hall–Kier alpha value is -1.85. The lowest BCUT2D eigenvalue weighted by molar-refractivity contribution is 0.318. The molecule has 0 saturated heterocycles. The third kappa shape index (κ3) is 1.66. The Morgan fingerprint density at radius 3 is 2.15 bits per heavy atom. The minimum Gasteiger partial charge on any atom is -0.409 e. The first kappa shape index (κ1) is 9.24. The number of anilines is 1. The van der Waals surface area contributed by atoms with E-state index in [4.69, 9.17) is 16.7 Å². The van der Waals surface area contributed by atoms with Gasteiger partial charge in [-0.1, -0.05) is 5.16 Å². The average Bonchev–Trinajstić information content (AvgIpc) is 2.12. The van der Waals surface area contributed by atoms with Gasteiger partial charge in [0.25, 0.3) is 0 Å². The highest BCUT2D eigenvalue weighted by molar-refractivity contribution is 5.97. The van der Waals surface area contributed by atoms with Crippen molar-refractivity contribution in [3.63, 3.8) is 0 Å². The maximum absolute atomic E-state index is 12.8. The van der Waals surface area contributed by atoms with E-state index in [1.807, 2.05) is 0 Å². The van der Waals surface area contributed by atoms with Gasteiger partial charge in [-0.3, -0.25) is 0 Å². The molecule has 0 bridgehead atoms. The van der Waals surface area contributed by atoms with E-state index in [2.05, 4.69) is 5.16 Å². The molecule has 0 saturated carbocycles. The van der Waals surface area contributed by atoms with E-state index in [-0.39, 0.29) is 11.4 Å². The van der Waals surface area contributed by atoms with Crippen molar-refractivity contribution in [1.82, 2.24) is 0 Å². The largest absolute Gasteiger partial charge is 0.409 e. The molecule has 0 heterocycles. The first-order valence-corrected chi connectivity index (χ1v) is 3.28. The Balaban J connectivity index is 3.29. The molecule has 0 aliphatic rings. The molecule has 0 aliphatic heterocycles. The summed E-state index contributed by atoms with van der Waals surface area (Å²) in [5, 5.41) is 10.8. The van der Waals surface area contributed by atoms with Crippen molar-refractivity contribution in [1.29, 1.82) is 0 Å². The highest BCUT2D eigenvalue weighted by Crippen LogP contribution is 2.16. The number of hydrogen-bond donors (Lipinski definition) is 3. The highest BCUT2D eigenvalue weighted by Gasteiger charge is 2.09. The topological polar surface area (TPSA) is 84.6 Å². The predicted molar refractivity (Wildman–Crippen MR) is 43.3 cm³/mol. The lowest BCUT2D eigenvalue weighted by Gasteiger charge is -2.02. The van der Waals surface area contributed by atoms with Crippen LogP contribution in [0.1, 0.15) is 5.56 Å². The third-order valence-electron chi connectivity index (χ3n) is 1.48. The van der Waals surface area contributed by atoms with Crippen LogP contribution in [0.4, 0.5) is 14.5 Å². The molecule has 1 aromatic carbocycles. The molecule has 0 radical (unpaired) electrons. The summed E-state index contributed by atoms with van der Waals surface area (Å²) in [6.45, 7) is 0. The van der Waals surface area contributed by atoms with Crippen LogP contribution < -0.4 is 11.5 Å². The molecule has 0 aromatic heterocycles. The number of nitrogens with two attached hydrogens (primary N) is 2. The van der Waals surface area contributed by atoms with Gasteiger partial charge in [0, 0.05) is 5.56 Å². The summed E-state index contributed by atoms with van der Waals surface area (Å²) in [7, 11) is 0. The Kier molecular flexibility index (Phi) is 2.32. The van der Waals surface area contributed by atoms with Crippen LogP contribution in [0.3, 0.4) is 0 Å². The first-order chi connectivity index (χ1) is 6.06. The number of halogens is 2. The number of rotatable bonds is 1. The third-order valence-corrected chi connectivity index (χ3v) is 1.48. The fourth-order valence-corrected chi connectivity index (χ4v) is 0.790. The molecule has 1 aromatic rings. The van der Waals surface area contributed by atoms with Gasteiger partial charge in [0.2, 0.25) is 0 Å². The average molecular weight is 187 g/mol. The van der Waals surface area contributed by atoms with Crippen molar-refractivity contribution in [2.45, 2.75) is 0 Å². The van der Waals surface area contributed by atoms with Gasteiger partial charge in [-0.05, 0) is 12.1 Å². The second-order valence-corrected chi connectivity index (χ2v) is 2.34. The van der Waals surface area contributed by atoms with Crippen molar-refractivity contribution in [2.75, 3.05) is 5.73 Å². The molecule has 6 heteroatoms. The van der Waals surface area contributed by atoms with Crippen LogP contribution in [0, 0.1) is 11.6 Å². The molecule has 4 nitrogen and oxygen atoms in total. The quantitative estimate of drug-likeness (QED) is 0.198. The van der Waals surface area contributed by atoms with Crippen LogP contribution >= 0.6 is 0 Å². The Morgan fingerprint density at radius 2 is 1.77 bits per heavy atom. The summed E-state index contributed by atoms with van der Waals surface area (Å²) in [5.74, 6) is -2.26. The van der Waals surface area contributed by atoms with Gasteiger partial charge in [0.05, 0.1) is 0 Å². The molecule has 0 unspecified atom stereocenters. The molecular formula is C7H7F2N3O. The van der Waals surface area contributed by atoms with Crippen molar-refractivity contribution in [3.05, 3.63) is 29.3 Å². The number of benzene rings is 1. The standard InChI is InChI=1S/C7H7F2N3O/c8-4-1-3(7(11)12-13)2-5(9)6(4)10/h1-2,13H,10H2,(H2,11,12). The summed E-state index contributed by atoms with van der Waals surface area (Å²) >= 11 is 0.